The van der Waals surface area contributed by atoms with Crippen molar-refractivity contribution in [2.45, 2.75) is 79.1 Å². The van der Waals surface area contributed by atoms with Gasteiger partial charge < -0.3 is 15.1 Å². The number of carboxylic acid groups (broad SMARTS) is 2. The molecule has 240 valence electrons. The average Bonchev–Trinajstić information content (AvgIpc) is 3.29. The highest BCUT2D eigenvalue weighted by Crippen LogP contribution is 2.48. The van der Waals surface area contributed by atoms with E-state index in [1.54, 1.807) is 24.3 Å². The number of allylic oxidation sites excluding steroid dienone is 10. The van der Waals surface area contributed by atoms with Gasteiger partial charge in [-0.1, -0.05) is 45.9 Å². The van der Waals surface area contributed by atoms with Gasteiger partial charge in [-0.05, 0) is 110 Å². The van der Waals surface area contributed by atoms with Crippen molar-refractivity contribution in [3.8, 4) is 0 Å². The summed E-state index contributed by atoms with van der Waals surface area (Å²) in [6.07, 6.45) is 13.1. The van der Waals surface area contributed by atoms with Gasteiger partial charge >= 0.3 is 11.9 Å². The van der Waals surface area contributed by atoms with Gasteiger partial charge in [-0.3, -0.25) is 0 Å². The van der Waals surface area contributed by atoms with E-state index in [1.807, 2.05) is 26.2 Å². The van der Waals surface area contributed by atoms with Crippen LogP contribution in [0.5, 0.6) is 0 Å². The SMILES string of the molecule is CC(=CC=C1N(C)c2ccc(C(=O)O)cc2C1(C)C)C1=CC(=C(C)C=CC2=[N+](C)c3ccc(C(=O)O)cc3C2(C)C)CC(C)(C)C1. The third-order valence-electron chi connectivity index (χ3n) is 10.2. The van der Waals surface area contributed by atoms with Gasteiger partial charge in [0.2, 0.25) is 5.69 Å². The molecule has 46 heavy (non-hydrogen) atoms. The molecule has 0 radical (unpaired) electrons. The van der Waals surface area contributed by atoms with Crippen molar-refractivity contribution in [2.24, 2.45) is 5.41 Å². The molecule has 6 nitrogen and oxygen atoms in total. The van der Waals surface area contributed by atoms with Crippen LogP contribution in [0, 0.1) is 5.41 Å². The molecule has 0 amide bonds. The van der Waals surface area contributed by atoms with Crippen LogP contribution in [0.2, 0.25) is 0 Å². The van der Waals surface area contributed by atoms with Crippen molar-refractivity contribution in [1.82, 2.24) is 0 Å². The van der Waals surface area contributed by atoms with E-state index in [0.29, 0.717) is 11.1 Å². The molecule has 2 heterocycles. The average molecular weight is 620 g/mol. The summed E-state index contributed by atoms with van der Waals surface area (Å²) in [6, 6.07) is 10.8. The predicted octanol–water partition coefficient (Wildman–Crippen LogP) is 8.97. The molecular weight excluding hydrogens is 572 g/mol. The van der Waals surface area contributed by atoms with Gasteiger partial charge in [0.25, 0.3) is 0 Å². The van der Waals surface area contributed by atoms with Crippen LogP contribution < -0.4 is 4.90 Å². The van der Waals surface area contributed by atoms with Gasteiger partial charge in [-0.25, -0.2) is 9.59 Å². The molecule has 2 aromatic rings. The smallest absolute Gasteiger partial charge is 0.335 e. The summed E-state index contributed by atoms with van der Waals surface area (Å²) in [5.74, 6) is -1.82. The molecular formula is C40H47N2O4+. The summed E-state index contributed by atoms with van der Waals surface area (Å²) < 4.78 is 2.17. The molecule has 0 saturated heterocycles. The molecule has 2 N–H and O–H groups in total. The Morgan fingerprint density at radius 1 is 0.870 bits per heavy atom. The number of carbonyl (C=O) groups is 2. The summed E-state index contributed by atoms with van der Waals surface area (Å²) in [6.45, 7) is 17.6. The zero-order valence-electron chi connectivity index (χ0n) is 28.9. The molecule has 0 spiro atoms. The number of nitrogens with zero attached hydrogens (tertiary/aromatic N) is 2. The van der Waals surface area contributed by atoms with Gasteiger partial charge in [0.05, 0.1) is 16.5 Å². The Morgan fingerprint density at radius 2 is 1.48 bits per heavy atom. The second-order valence-electron chi connectivity index (χ2n) is 15.0. The monoisotopic (exact) mass is 619 g/mol. The number of aromatic carboxylic acids is 2. The Kier molecular flexibility index (Phi) is 8.17. The number of benzene rings is 2. The largest absolute Gasteiger partial charge is 0.478 e. The first kappa shape index (κ1) is 32.9. The van der Waals surface area contributed by atoms with Crippen LogP contribution in [0.25, 0.3) is 0 Å². The fourth-order valence-electron chi connectivity index (χ4n) is 7.47. The Bertz CT molecular complexity index is 1860. The minimum Gasteiger partial charge on any atom is -0.478 e. The molecule has 3 aliphatic rings. The summed E-state index contributed by atoms with van der Waals surface area (Å²) in [5.41, 5.74) is 11.5. The highest BCUT2D eigenvalue weighted by Gasteiger charge is 2.43. The maximum atomic E-state index is 11.6. The van der Waals surface area contributed by atoms with Crippen molar-refractivity contribution in [1.29, 1.82) is 0 Å². The van der Waals surface area contributed by atoms with E-state index in [1.165, 1.54) is 22.3 Å². The number of hydrogen-bond donors (Lipinski definition) is 2. The van der Waals surface area contributed by atoms with E-state index in [0.717, 1.165) is 46.8 Å². The first-order valence-electron chi connectivity index (χ1n) is 15.9. The highest BCUT2D eigenvalue weighted by atomic mass is 16.4. The van der Waals surface area contributed by atoms with E-state index >= 15 is 0 Å². The van der Waals surface area contributed by atoms with Crippen molar-refractivity contribution in [2.75, 3.05) is 19.0 Å². The van der Waals surface area contributed by atoms with Gasteiger partial charge in [0.1, 0.15) is 7.05 Å². The summed E-state index contributed by atoms with van der Waals surface area (Å²) in [5, 5.41) is 19.1. The van der Waals surface area contributed by atoms with Crippen LogP contribution in [-0.2, 0) is 10.8 Å². The van der Waals surface area contributed by atoms with Crippen LogP contribution >= 0.6 is 0 Å². The number of rotatable bonds is 6. The minimum atomic E-state index is -0.910. The molecule has 0 aromatic heterocycles. The molecule has 2 aromatic carbocycles. The van der Waals surface area contributed by atoms with E-state index < -0.39 is 11.9 Å². The molecule has 0 unspecified atom stereocenters. The highest BCUT2D eigenvalue weighted by molar-refractivity contribution is 6.04. The van der Waals surface area contributed by atoms with E-state index in [4.69, 9.17) is 0 Å². The summed E-state index contributed by atoms with van der Waals surface area (Å²) in [7, 11) is 4.10. The van der Waals surface area contributed by atoms with Crippen LogP contribution in [-0.4, -0.2) is 46.5 Å². The van der Waals surface area contributed by atoms with Crippen molar-refractivity contribution in [3.63, 3.8) is 0 Å². The quantitative estimate of drug-likeness (QED) is 0.316. The normalized spacial score (nSPS) is 21.9. The lowest BCUT2D eigenvalue weighted by molar-refractivity contribution is -0.401. The van der Waals surface area contributed by atoms with Crippen LogP contribution in [0.15, 0.2) is 94.8 Å². The lowest BCUT2D eigenvalue weighted by atomic mass is 9.72. The Morgan fingerprint density at radius 3 is 2.11 bits per heavy atom. The van der Waals surface area contributed by atoms with Gasteiger partial charge in [-0.2, -0.15) is 4.58 Å². The molecule has 1 aliphatic carbocycles. The lowest BCUT2D eigenvalue weighted by Gasteiger charge is -2.32. The van der Waals surface area contributed by atoms with Crippen molar-refractivity contribution >= 4 is 29.0 Å². The fraction of sp³-hybridized carbons (Fsp3) is 0.375. The Labute approximate surface area is 273 Å². The van der Waals surface area contributed by atoms with Crippen LogP contribution in [0.3, 0.4) is 0 Å². The zero-order chi connectivity index (χ0) is 33.9. The summed E-state index contributed by atoms with van der Waals surface area (Å²) >= 11 is 0. The van der Waals surface area contributed by atoms with E-state index in [-0.39, 0.29) is 16.2 Å². The Hall–Kier alpha value is -4.45. The number of hydrogen-bond acceptors (Lipinski definition) is 3. The van der Waals surface area contributed by atoms with Gasteiger partial charge in [0, 0.05) is 41.6 Å². The number of fused-ring (bicyclic) bond motifs is 2. The second kappa shape index (κ2) is 11.4. The van der Waals surface area contributed by atoms with Crippen LogP contribution in [0.4, 0.5) is 11.4 Å². The zero-order valence-corrected chi connectivity index (χ0v) is 28.9. The van der Waals surface area contributed by atoms with Crippen LogP contribution in [0.1, 0.15) is 100 Å². The van der Waals surface area contributed by atoms with E-state index in [9.17, 15) is 19.8 Å². The number of likely N-dealkylation sites (N-methyl/N-ethyl adjacent to an activating group) is 1. The maximum Gasteiger partial charge on any atom is 0.335 e. The number of anilines is 1. The number of carboxylic acids is 2. The predicted molar refractivity (Wildman–Crippen MR) is 187 cm³/mol. The third kappa shape index (κ3) is 5.70. The first-order chi connectivity index (χ1) is 21.3. The van der Waals surface area contributed by atoms with Crippen molar-refractivity contribution in [3.05, 3.63) is 117 Å². The molecule has 0 fully saturated rings. The maximum absolute atomic E-state index is 11.6. The molecule has 2 aliphatic heterocycles. The fourth-order valence-corrected chi connectivity index (χ4v) is 7.47. The summed E-state index contributed by atoms with van der Waals surface area (Å²) in [4.78, 5) is 25.5. The molecule has 0 bridgehead atoms. The standard InChI is InChI=1S/C40H46N2O4/c1-24(11-17-34-39(5,6)30-20-26(36(43)44)13-15-32(30)41(34)9)28-19-29(23-38(3,4)22-28)25(2)12-18-35-40(7,8)31-21-27(37(45)46)14-16-33(31)42(35)10/h11-21H,22-23H2,1-10H3,(H-,43,44,45,46)/p+1. The Balaban J connectivity index is 1.46. The third-order valence-corrected chi connectivity index (χ3v) is 10.2. The first-order valence-corrected chi connectivity index (χ1v) is 15.9. The van der Waals surface area contributed by atoms with Gasteiger partial charge in [-0.15, -0.1) is 0 Å². The topological polar surface area (TPSA) is 80.9 Å². The molecule has 5 rings (SSSR count). The van der Waals surface area contributed by atoms with Gasteiger partial charge in [0.15, 0.2) is 5.71 Å². The van der Waals surface area contributed by atoms with Crippen molar-refractivity contribution < 1.29 is 24.4 Å². The molecule has 0 saturated carbocycles. The second-order valence-corrected chi connectivity index (χ2v) is 15.0. The van der Waals surface area contributed by atoms with E-state index in [2.05, 4.69) is 95.2 Å². The lowest BCUT2D eigenvalue weighted by Crippen LogP contribution is -2.26. The minimum absolute atomic E-state index is 0.101. The molecule has 6 heteroatoms. The molecule has 0 atom stereocenters.